The molecule has 27 heavy (non-hydrogen) atoms. The molecule has 4 aromatic rings. The number of nitrogens with zero attached hydrogens (tertiary/aromatic N) is 1. The third-order valence-corrected chi connectivity index (χ3v) is 5.48. The predicted molar refractivity (Wildman–Crippen MR) is 103 cm³/mol. The summed E-state index contributed by atoms with van der Waals surface area (Å²) in [7, 11) is -4.00. The van der Waals surface area contributed by atoms with Gasteiger partial charge < -0.3 is 9.26 Å². The molecule has 0 aliphatic heterocycles. The van der Waals surface area contributed by atoms with E-state index in [0.29, 0.717) is 21.7 Å². The van der Waals surface area contributed by atoms with Crippen molar-refractivity contribution in [2.45, 2.75) is 4.90 Å². The topological polar surface area (TPSA) is 81.4 Å². The lowest BCUT2D eigenvalue weighted by Gasteiger charge is -2.12. The SMILES string of the molecule is O=S(=O)(Nc1noc2cccc(Cl)c12)c1ccccc1Oc1ccccc1. The van der Waals surface area contributed by atoms with Gasteiger partial charge in [0.25, 0.3) is 10.0 Å². The molecule has 0 saturated heterocycles. The molecule has 1 N–H and O–H groups in total. The van der Waals surface area contributed by atoms with Crippen molar-refractivity contribution in [2.75, 3.05) is 4.72 Å². The van der Waals surface area contributed by atoms with Gasteiger partial charge in [0.1, 0.15) is 16.4 Å². The molecule has 1 aromatic heterocycles. The largest absolute Gasteiger partial charge is 0.456 e. The minimum absolute atomic E-state index is 0.0186. The lowest BCUT2D eigenvalue weighted by Crippen LogP contribution is -2.14. The van der Waals surface area contributed by atoms with Gasteiger partial charge in [0.2, 0.25) is 0 Å². The van der Waals surface area contributed by atoms with Crippen molar-refractivity contribution in [3.05, 3.63) is 77.8 Å². The molecule has 0 aliphatic carbocycles. The van der Waals surface area contributed by atoms with Crippen molar-refractivity contribution in [1.82, 2.24) is 5.16 Å². The van der Waals surface area contributed by atoms with Gasteiger partial charge in [0, 0.05) is 0 Å². The molecule has 3 aromatic carbocycles. The van der Waals surface area contributed by atoms with Crippen LogP contribution in [0.25, 0.3) is 11.0 Å². The fraction of sp³-hybridized carbons (Fsp3) is 0. The van der Waals surface area contributed by atoms with Gasteiger partial charge in [0.15, 0.2) is 11.4 Å². The van der Waals surface area contributed by atoms with E-state index in [-0.39, 0.29) is 16.5 Å². The van der Waals surface area contributed by atoms with Crippen molar-refractivity contribution in [3.63, 3.8) is 0 Å². The molecule has 136 valence electrons. The van der Waals surface area contributed by atoms with Crippen LogP contribution in [0.3, 0.4) is 0 Å². The Morgan fingerprint density at radius 3 is 2.48 bits per heavy atom. The number of aromatic nitrogens is 1. The van der Waals surface area contributed by atoms with Crippen LogP contribution in [-0.4, -0.2) is 13.6 Å². The highest BCUT2D eigenvalue weighted by atomic mass is 35.5. The van der Waals surface area contributed by atoms with Crippen LogP contribution in [0.5, 0.6) is 11.5 Å². The summed E-state index contributed by atoms with van der Waals surface area (Å²) in [6.07, 6.45) is 0. The van der Waals surface area contributed by atoms with Crippen LogP contribution in [-0.2, 0) is 10.0 Å². The Morgan fingerprint density at radius 1 is 0.926 bits per heavy atom. The van der Waals surface area contributed by atoms with Crippen molar-refractivity contribution in [1.29, 1.82) is 0 Å². The van der Waals surface area contributed by atoms with Gasteiger partial charge in [-0.1, -0.05) is 53.2 Å². The first-order valence-electron chi connectivity index (χ1n) is 7.93. The highest BCUT2D eigenvalue weighted by Gasteiger charge is 2.23. The number of ether oxygens (including phenoxy) is 1. The fourth-order valence-electron chi connectivity index (χ4n) is 2.57. The van der Waals surface area contributed by atoms with E-state index in [2.05, 4.69) is 9.88 Å². The van der Waals surface area contributed by atoms with Gasteiger partial charge in [-0.05, 0) is 36.4 Å². The number of benzene rings is 3. The Balaban J connectivity index is 1.72. The fourth-order valence-corrected chi connectivity index (χ4v) is 3.97. The maximum Gasteiger partial charge on any atom is 0.266 e. The summed E-state index contributed by atoms with van der Waals surface area (Å²) in [5.74, 6) is 0.732. The standard InChI is InChI=1S/C19H13ClN2O4S/c20-14-9-6-11-16-18(14)19(21-26-16)22-27(23,24)17-12-5-4-10-15(17)25-13-7-2-1-3-8-13/h1-12H,(H,21,22). The van der Waals surface area contributed by atoms with Crippen LogP contribution in [0.2, 0.25) is 5.02 Å². The van der Waals surface area contributed by atoms with Gasteiger partial charge in [-0.15, -0.1) is 0 Å². The van der Waals surface area contributed by atoms with Crippen molar-refractivity contribution < 1.29 is 17.7 Å². The molecule has 4 rings (SSSR count). The summed E-state index contributed by atoms with van der Waals surface area (Å²) in [5.41, 5.74) is 0.383. The number of hydrogen-bond donors (Lipinski definition) is 1. The molecule has 0 saturated carbocycles. The number of hydrogen-bond acceptors (Lipinski definition) is 5. The van der Waals surface area contributed by atoms with Gasteiger partial charge >= 0.3 is 0 Å². The van der Waals surface area contributed by atoms with Crippen LogP contribution in [0.4, 0.5) is 5.82 Å². The van der Waals surface area contributed by atoms with E-state index in [4.69, 9.17) is 20.9 Å². The Labute approximate surface area is 160 Å². The monoisotopic (exact) mass is 400 g/mol. The number of rotatable bonds is 5. The van der Waals surface area contributed by atoms with Gasteiger partial charge in [-0.3, -0.25) is 4.72 Å². The first-order valence-corrected chi connectivity index (χ1v) is 9.79. The summed E-state index contributed by atoms with van der Waals surface area (Å²) >= 11 is 6.16. The second kappa shape index (κ2) is 6.94. The number of para-hydroxylation sites is 2. The first-order chi connectivity index (χ1) is 13.0. The van der Waals surface area contributed by atoms with Crippen LogP contribution in [0.15, 0.2) is 82.2 Å². The van der Waals surface area contributed by atoms with Crippen LogP contribution in [0.1, 0.15) is 0 Å². The van der Waals surface area contributed by atoms with E-state index in [0.717, 1.165) is 0 Å². The summed E-state index contributed by atoms with van der Waals surface area (Å²) < 4.78 is 39.2. The van der Waals surface area contributed by atoms with E-state index in [9.17, 15) is 8.42 Å². The minimum Gasteiger partial charge on any atom is -0.456 e. The molecule has 0 aliphatic rings. The number of nitrogens with one attached hydrogen (secondary N) is 1. The molecule has 0 atom stereocenters. The summed E-state index contributed by atoms with van der Waals surface area (Å²) in [6, 6.07) is 20.2. The van der Waals surface area contributed by atoms with Crippen LogP contribution < -0.4 is 9.46 Å². The Bertz CT molecular complexity index is 1210. The molecule has 8 heteroatoms. The van der Waals surface area contributed by atoms with Crippen molar-refractivity contribution in [2.24, 2.45) is 0 Å². The maximum absolute atomic E-state index is 12.9. The molecule has 0 spiro atoms. The predicted octanol–water partition coefficient (Wildman–Crippen LogP) is 5.07. The molecule has 0 bridgehead atoms. The first kappa shape index (κ1) is 17.4. The zero-order chi connectivity index (χ0) is 18.9. The molecular formula is C19H13ClN2O4S. The Kier molecular flexibility index (Phi) is 4.47. The normalized spacial score (nSPS) is 11.4. The highest BCUT2D eigenvalue weighted by Crippen LogP contribution is 2.33. The third-order valence-electron chi connectivity index (χ3n) is 3.79. The zero-order valence-corrected chi connectivity index (χ0v) is 15.4. The quantitative estimate of drug-likeness (QED) is 0.505. The molecular weight excluding hydrogens is 388 g/mol. The number of fused-ring (bicyclic) bond motifs is 1. The van der Waals surface area contributed by atoms with E-state index < -0.39 is 10.0 Å². The number of sulfonamides is 1. The van der Waals surface area contributed by atoms with Crippen molar-refractivity contribution >= 4 is 38.4 Å². The molecule has 0 amide bonds. The number of halogens is 1. The molecule has 0 fully saturated rings. The van der Waals surface area contributed by atoms with Gasteiger partial charge in [-0.25, -0.2) is 8.42 Å². The zero-order valence-electron chi connectivity index (χ0n) is 13.8. The average Bonchev–Trinajstić information content (AvgIpc) is 3.06. The van der Waals surface area contributed by atoms with Gasteiger partial charge in [-0.2, -0.15) is 0 Å². The molecule has 0 radical (unpaired) electrons. The smallest absolute Gasteiger partial charge is 0.266 e. The Morgan fingerprint density at radius 2 is 1.67 bits per heavy atom. The second-order valence-electron chi connectivity index (χ2n) is 5.61. The van der Waals surface area contributed by atoms with Crippen LogP contribution >= 0.6 is 11.6 Å². The van der Waals surface area contributed by atoms with Gasteiger partial charge in [0.05, 0.1) is 10.4 Å². The summed E-state index contributed by atoms with van der Waals surface area (Å²) in [4.78, 5) is -0.0305. The lowest BCUT2D eigenvalue weighted by molar-refractivity contribution is 0.459. The van der Waals surface area contributed by atoms with E-state index in [1.54, 1.807) is 60.7 Å². The summed E-state index contributed by atoms with van der Waals surface area (Å²) in [6.45, 7) is 0. The van der Waals surface area contributed by atoms with Crippen molar-refractivity contribution in [3.8, 4) is 11.5 Å². The molecule has 0 unspecified atom stereocenters. The summed E-state index contributed by atoms with van der Waals surface area (Å²) in [5, 5.41) is 4.52. The molecule has 6 nitrogen and oxygen atoms in total. The molecule has 1 heterocycles. The van der Waals surface area contributed by atoms with E-state index in [1.165, 1.54) is 6.07 Å². The third kappa shape index (κ3) is 3.47. The second-order valence-corrected chi connectivity index (χ2v) is 7.67. The maximum atomic E-state index is 12.9. The lowest BCUT2D eigenvalue weighted by atomic mass is 10.2. The van der Waals surface area contributed by atoms with Crippen LogP contribution in [0, 0.1) is 0 Å². The number of anilines is 1. The highest BCUT2D eigenvalue weighted by molar-refractivity contribution is 7.92. The average molecular weight is 401 g/mol. The minimum atomic E-state index is -4.00. The van der Waals surface area contributed by atoms with E-state index >= 15 is 0 Å². The Hall–Kier alpha value is -3.03. The van der Waals surface area contributed by atoms with E-state index in [1.807, 2.05) is 6.07 Å².